The van der Waals surface area contributed by atoms with Crippen LogP contribution in [0.2, 0.25) is 0 Å². The third-order valence-electron chi connectivity index (χ3n) is 6.30. The first-order chi connectivity index (χ1) is 17.0. The molecule has 0 aliphatic rings. The lowest BCUT2D eigenvalue weighted by atomic mass is 10.1. The van der Waals surface area contributed by atoms with Crippen LogP contribution in [0.25, 0.3) is 32.4 Å². The van der Waals surface area contributed by atoms with Crippen molar-refractivity contribution < 1.29 is 0 Å². The van der Waals surface area contributed by atoms with Crippen molar-refractivity contribution in [3.8, 4) is 11.1 Å². The lowest BCUT2D eigenvalue weighted by molar-refractivity contribution is 0.768. The predicted octanol–water partition coefficient (Wildman–Crippen LogP) is 7.00. The first-order valence-corrected chi connectivity index (χ1v) is 13.4. The molecular formula is C28H25N5S2. The van der Waals surface area contributed by atoms with E-state index in [0.717, 1.165) is 50.1 Å². The third-order valence-corrected chi connectivity index (χ3v) is 8.47. The van der Waals surface area contributed by atoms with E-state index >= 15 is 0 Å². The van der Waals surface area contributed by atoms with E-state index in [-0.39, 0.29) is 0 Å². The number of thiazole rings is 1. The molecule has 0 atom stereocenters. The first-order valence-electron chi connectivity index (χ1n) is 11.6. The van der Waals surface area contributed by atoms with E-state index in [1.165, 1.54) is 21.4 Å². The standard InChI is InChI=1S/C28H25N5S2/c1-18-8-9-19(2)21(12-18)16-33-25-13-20(22-14-29-32(3)15-22)10-11-23(25)30-27(33)17-34-28-31-24-6-4-5-7-26(24)35-28/h4-15H,16-17H2,1-3H3. The molecule has 0 aliphatic heterocycles. The smallest absolute Gasteiger partial charge is 0.151 e. The molecule has 0 saturated heterocycles. The second-order valence-corrected chi connectivity index (χ2v) is 11.1. The zero-order valence-corrected chi connectivity index (χ0v) is 21.5. The number of rotatable bonds is 6. The van der Waals surface area contributed by atoms with Crippen molar-refractivity contribution >= 4 is 44.3 Å². The number of imidazole rings is 1. The Bertz CT molecular complexity index is 1640. The minimum atomic E-state index is 0.765. The fourth-order valence-electron chi connectivity index (χ4n) is 4.39. The van der Waals surface area contributed by atoms with Gasteiger partial charge in [0.15, 0.2) is 4.34 Å². The van der Waals surface area contributed by atoms with Gasteiger partial charge in [-0.25, -0.2) is 9.97 Å². The van der Waals surface area contributed by atoms with Crippen molar-refractivity contribution in [2.45, 2.75) is 30.5 Å². The van der Waals surface area contributed by atoms with Crippen LogP contribution in [0.4, 0.5) is 0 Å². The summed E-state index contributed by atoms with van der Waals surface area (Å²) in [4.78, 5) is 9.88. The largest absolute Gasteiger partial charge is 0.323 e. The van der Waals surface area contributed by atoms with Gasteiger partial charge in [-0.2, -0.15) is 5.10 Å². The molecule has 0 amide bonds. The van der Waals surface area contributed by atoms with Gasteiger partial charge in [0.25, 0.3) is 0 Å². The molecule has 0 aliphatic carbocycles. The molecule has 3 heterocycles. The Hall–Kier alpha value is -3.42. The van der Waals surface area contributed by atoms with Crippen molar-refractivity contribution in [3.63, 3.8) is 0 Å². The van der Waals surface area contributed by atoms with E-state index < -0.39 is 0 Å². The second-order valence-electron chi connectivity index (χ2n) is 8.89. The van der Waals surface area contributed by atoms with E-state index in [9.17, 15) is 0 Å². The van der Waals surface area contributed by atoms with E-state index in [1.807, 2.05) is 24.0 Å². The normalized spacial score (nSPS) is 11.6. The summed E-state index contributed by atoms with van der Waals surface area (Å²) >= 11 is 3.51. The Morgan fingerprint density at radius 1 is 0.914 bits per heavy atom. The minimum Gasteiger partial charge on any atom is -0.323 e. The average molecular weight is 496 g/mol. The third kappa shape index (κ3) is 4.37. The van der Waals surface area contributed by atoms with Crippen molar-refractivity contribution in [1.29, 1.82) is 0 Å². The molecule has 35 heavy (non-hydrogen) atoms. The molecule has 7 heteroatoms. The Morgan fingerprint density at radius 2 is 1.80 bits per heavy atom. The SMILES string of the molecule is Cc1ccc(C)c(Cn2c(CSc3nc4ccccc4s3)nc3ccc(-c4cnn(C)c4)cc32)c1. The molecule has 174 valence electrons. The Kier molecular flexibility index (Phi) is 5.66. The van der Waals surface area contributed by atoms with Crippen LogP contribution in [-0.2, 0) is 19.3 Å². The summed E-state index contributed by atoms with van der Waals surface area (Å²) in [6.45, 7) is 5.13. The molecule has 0 unspecified atom stereocenters. The molecule has 5 nitrogen and oxygen atoms in total. The van der Waals surface area contributed by atoms with Crippen LogP contribution in [-0.4, -0.2) is 24.3 Å². The molecular weight excluding hydrogens is 470 g/mol. The molecule has 0 saturated carbocycles. The summed E-state index contributed by atoms with van der Waals surface area (Å²) in [5.41, 5.74) is 9.38. The number of nitrogens with zero attached hydrogens (tertiary/aromatic N) is 5. The van der Waals surface area contributed by atoms with Gasteiger partial charge in [-0.1, -0.05) is 53.7 Å². The molecule has 0 fully saturated rings. The zero-order valence-electron chi connectivity index (χ0n) is 19.9. The summed E-state index contributed by atoms with van der Waals surface area (Å²) in [7, 11) is 1.95. The molecule has 3 aromatic heterocycles. The van der Waals surface area contributed by atoms with Gasteiger partial charge in [-0.3, -0.25) is 4.68 Å². The van der Waals surface area contributed by atoms with E-state index in [1.54, 1.807) is 23.1 Å². The highest BCUT2D eigenvalue weighted by atomic mass is 32.2. The first kappa shape index (κ1) is 22.1. The summed E-state index contributed by atoms with van der Waals surface area (Å²) < 4.78 is 6.51. The molecule has 0 bridgehead atoms. The highest BCUT2D eigenvalue weighted by Gasteiger charge is 2.15. The van der Waals surface area contributed by atoms with E-state index in [2.05, 4.69) is 84.3 Å². The van der Waals surface area contributed by atoms with Gasteiger partial charge in [-0.05, 0) is 54.8 Å². The number of thioether (sulfide) groups is 1. The van der Waals surface area contributed by atoms with Crippen LogP contribution < -0.4 is 0 Å². The van der Waals surface area contributed by atoms with E-state index in [0.29, 0.717) is 0 Å². The number of hydrogen-bond donors (Lipinski definition) is 0. The summed E-state index contributed by atoms with van der Waals surface area (Å²) in [6, 6.07) is 21.5. The van der Waals surface area contributed by atoms with Gasteiger partial charge in [0.05, 0.1) is 33.2 Å². The van der Waals surface area contributed by atoms with Crippen LogP contribution >= 0.6 is 23.1 Å². The fraction of sp³-hybridized carbons (Fsp3) is 0.179. The number of benzene rings is 3. The Labute approximate surface area is 212 Å². The topological polar surface area (TPSA) is 48.5 Å². The summed E-state index contributed by atoms with van der Waals surface area (Å²) in [6.07, 6.45) is 3.97. The highest BCUT2D eigenvalue weighted by Crippen LogP contribution is 2.33. The van der Waals surface area contributed by atoms with Gasteiger partial charge < -0.3 is 4.57 Å². The average Bonchev–Trinajstić information content (AvgIpc) is 3.56. The minimum absolute atomic E-state index is 0.765. The lowest BCUT2D eigenvalue weighted by Gasteiger charge is -2.12. The van der Waals surface area contributed by atoms with Crippen molar-refractivity contribution in [2.75, 3.05) is 0 Å². The maximum atomic E-state index is 5.07. The maximum Gasteiger partial charge on any atom is 0.151 e. The lowest BCUT2D eigenvalue weighted by Crippen LogP contribution is -2.06. The number of fused-ring (bicyclic) bond motifs is 2. The molecule has 6 rings (SSSR count). The van der Waals surface area contributed by atoms with Crippen molar-refractivity contribution in [1.82, 2.24) is 24.3 Å². The summed E-state index contributed by atoms with van der Waals surface area (Å²) in [5, 5.41) is 4.36. The van der Waals surface area contributed by atoms with Gasteiger partial charge >= 0.3 is 0 Å². The molecule has 0 N–H and O–H groups in total. The Morgan fingerprint density at radius 3 is 2.63 bits per heavy atom. The van der Waals surface area contributed by atoms with Crippen LogP contribution in [0.3, 0.4) is 0 Å². The molecule has 0 spiro atoms. The highest BCUT2D eigenvalue weighted by molar-refractivity contribution is 8.00. The fourth-order valence-corrected chi connectivity index (χ4v) is 6.40. The number of hydrogen-bond acceptors (Lipinski definition) is 5. The monoisotopic (exact) mass is 495 g/mol. The van der Waals surface area contributed by atoms with Gasteiger partial charge in [0, 0.05) is 25.4 Å². The van der Waals surface area contributed by atoms with Crippen LogP contribution in [0, 0.1) is 13.8 Å². The number of aryl methyl sites for hydroxylation is 3. The van der Waals surface area contributed by atoms with Crippen LogP contribution in [0.1, 0.15) is 22.5 Å². The second kappa shape index (κ2) is 8.98. The van der Waals surface area contributed by atoms with Crippen LogP contribution in [0.15, 0.2) is 77.4 Å². The van der Waals surface area contributed by atoms with Crippen molar-refractivity contribution in [2.24, 2.45) is 7.05 Å². The van der Waals surface area contributed by atoms with Gasteiger partial charge in [-0.15, -0.1) is 11.3 Å². The van der Waals surface area contributed by atoms with Crippen LogP contribution in [0.5, 0.6) is 0 Å². The zero-order chi connectivity index (χ0) is 23.9. The van der Waals surface area contributed by atoms with Gasteiger partial charge in [0.2, 0.25) is 0 Å². The van der Waals surface area contributed by atoms with Crippen molar-refractivity contribution in [3.05, 3.63) is 95.6 Å². The van der Waals surface area contributed by atoms with E-state index in [4.69, 9.17) is 9.97 Å². The quantitative estimate of drug-likeness (QED) is 0.233. The Balaban J connectivity index is 1.41. The summed E-state index contributed by atoms with van der Waals surface area (Å²) in [5.74, 6) is 1.83. The predicted molar refractivity (Wildman–Crippen MR) is 146 cm³/mol. The number of para-hydroxylation sites is 1. The molecule has 0 radical (unpaired) electrons. The number of aromatic nitrogens is 5. The molecule has 6 aromatic rings. The molecule has 3 aromatic carbocycles. The maximum absolute atomic E-state index is 5.07. The van der Waals surface area contributed by atoms with Gasteiger partial charge in [0.1, 0.15) is 5.82 Å².